The third-order valence-corrected chi connectivity index (χ3v) is 4.33. The van der Waals surface area contributed by atoms with Gasteiger partial charge in [0.2, 0.25) is 10.0 Å². The Bertz CT molecular complexity index is 756. The number of aromatic nitrogens is 1. The SMILES string of the molecule is Cc1cc(CNS(=O)(=O)c2cc(C)c(F)c(CN)c2)on1. The van der Waals surface area contributed by atoms with Crippen molar-refractivity contribution in [3.63, 3.8) is 0 Å². The zero-order chi connectivity index (χ0) is 15.6. The fraction of sp³-hybridized carbons (Fsp3) is 0.308. The number of halogens is 1. The number of benzene rings is 1. The molecule has 0 saturated carbocycles. The average Bonchev–Trinajstić information content (AvgIpc) is 2.85. The lowest BCUT2D eigenvalue weighted by Crippen LogP contribution is -2.23. The zero-order valence-electron chi connectivity index (χ0n) is 11.7. The Morgan fingerprint density at radius 3 is 2.62 bits per heavy atom. The Kier molecular flexibility index (Phi) is 4.40. The van der Waals surface area contributed by atoms with E-state index in [1.165, 1.54) is 19.1 Å². The molecule has 0 spiro atoms. The van der Waals surface area contributed by atoms with Crippen LogP contribution in [0, 0.1) is 19.7 Å². The summed E-state index contributed by atoms with van der Waals surface area (Å²) in [7, 11) is -3.78. The standard InChI is InChI=1S/C13H16FN3O3S/c1-8-3-12(5-10(6-15)13(8)14)21(18,19)16-7-11-4-9(2)17-20-11/h3-5,16H,6-7,15H2,1-2H3. The van der Waals surface area contributed by atoms with E-state index in [2.05, 4.69) is 9.88 Å². The first-order chi connectivity index (χ1) is 9.83. The van der Waals surface area contributed by atoms with Gasteiger partial charge in [-0.1, -0.05) is 5.16 Å². The van der Waals surface area contributed by atoms with Crippen LogP contribution in [0.1, 0.15) is 22.6 Å². The molecule has 0 unspecified atom stereocenters. The highest BCUT2D eigenvalue weighted by molar-refractivity contribution is 7.89. The van der Waals surface area contributed by atoms with Gasteiger partial charge < -0.3 is 10.3 Å². The molecule has 0 aliphatic heterocycles. The second kappa shape index (κ2) is 5.92. The molecule has 8 heteroatoms. The molecular weight excluding hydrogens is 297 g/mol. The maximum atomic E-state index is 13.7. The van der Waals surface area contributed by atoms with Gasteiger partial charge in [0.15, 0.2) is 5.76 Å². The van der Waals surface area contributed by atoms with Crippen LogP contribution in [0.5, 0.6) is 0 Å². The fourth-order valence-electron chi connectivity index (χ4n) is 1.86. The summed E-state index contributed by atoms with van der Waals surface area (Å²) in [5, 5.41) is 3.67. The van der Waals surface area contributed by atoms with Crippen molar-refractivity contribution in [1.82, 2.24) is 9.88 Å². The van der Waals surface area contributed by atoms with Gasteiger partial charge in [0.1, 0.15) is 5.82 Å². The van der Waals surface area contributed by atoms with Crippen molar-refractivity contribution in [1.29, 1.82) is 0 Å². The molecule has 6 nitrogen and oxygen atoms in total. The molecule has 2 rings (SSSR count). The Labute approximate surface area is 122 Å². The molecule has 0 atom stereocenters. The van der Waals surface area contributed by atoms with E-state index in [9.17, 15) is 12.8 Å². The van der Waals surface area contributed by atoms with Crippen LogP contribution in [-0.4, -0.2) is 13.6 Å². The van der Waals surface area contributed by atoms with Crippen LogP contribution < -0.4 is 10.5 Å². The summed E-state index contributed by atoms with van der Waals surface area (Å²) in [4.78, 5) is -0.0295. The number of nitrogens with zero attached hydrogens (tertiary/aromatic N) is 1. The van der Waals surface area contributed by atoms with E-state index < -0.39 is 15.8 Å². The fourth-order valence-corrected chi connectivity index (χ4v) is 2.99. The molecule has 21 heavy (non-hydrogen) atoms. The molecule has 0 aliphatic carbocycles. The van der Waals surface area contributed by atoms with Crippen LogP contribution in [0.2, 0.25) is 0 Å². The summed E-state index contributed by atoms with van der Waals surface area (Å²) in [6, 6.07) is 4.13. The van der Waals surface area contributed by atoms with Crippen molar-refractivity contribution in [2.45, 2.75) is 31.8 Å². The summed E-state index contributed by atoms with van der Waals surface area (Å²) in [6.07, 6.45) is 0. The van der Waals surface area contributed by atoms with Crippen molar-refractivity contribution in [3.8, 4) is 0 Å². The molecule has 114 valence electrons. The van der Waals surface area contributed by atoms with E-state index >= 15 is 0 Å². The van der Waals surface area contributed by atoms with Gasteiger partial charge >= 0.3 is 0 Å². The van der Waals surface area contributed by atoms with Crippen LogP contribution in [0.15, 0.2) is 27.6 Å². The van der Waals surface area contributed by atoms with Crippen LogP contribution in [0.25, 0.3) is 0 Å². The zero-order valence-corrected chi connectivity index (χ0v) is 12.5. The number of hydrogen-bond acceptors (Lipinski definition) is 5. The smallest absolute Gasteiger partial charge is 0.241 e. The van der Waals surface area contributed by atoms with E-state index in [-0.39, 0.29) is 29.1 Å². The van der Waals surface area contributed by atoms with Gasteiger partial charge in [0.25, 0.3) is 0 Å². The van der Waals surface area contributed by atoms with Gasteiger partial charge in [-0.2, -0.15) is 0 Å². The van der Waals surface area contributed by atoms with Gasteiger partial charge in [0.05, 0.1) is 17.1 Å². The van der Waals surface area contributed by atoms with E-state index in [4.69, 9.17) is 10.3 Å². The Morgan fingerprint density at radius 1 is 1.33 bits per heavy atom. The average molecular weight is 313 g/mol. The second-order valence-corrected chi connectivity index (χ2v) is 6.44. The summed E-state index contributed by atoms with van der Waals surface area (Å²) >= 11 is 0. The molecule has 3 N–H and O–H groups in total. The molecule has 0 fully saturated rings. The van der Waals surface area contributed by atoms with Gasteiger partial charge in [0, 0.05) is 18.2 Å². The molecule has 1 aromatic carbocycles. The lowest BCUT2D eigenvalue weighted by molar-refractivity contribution is 0.377. The predicted molar refractivity (Wildman–Crippen MR) is 74.3 cm³/mol. The second-order valence-electron chi connectivity index (χ2n) is 4.68. The molecule has 1 aromatic heterocycles. The van der Waals surface area contributed by atoms with Crippen molar-refractivity contribution in [2.75, 3.05) is 0 Å². The molecule has 0 bridgehead atoms. The third-order valence-electron chi connectivity index (χ3n) is 2.95. The number of nitrogens with two attached hydrogens (primary N) is 1. The minimum atomic E-state index is -3.78. The summed E-state index contributed by atoms with van der Waals surface area (Å²) in [5.41, 5.74) is 6.47. The highest BCUT2D eigenvalue weighted by Crippen LogP contribution is 2.19. The highest BCUT2D eigenvalue weighted by atomic mass is 32.2. The van der Waals surface area contributed by atoms with Gasteiger partial charge in [-0.25, -0.2) is 17.5 Å². The molecular formula is C13H16FN3O3S. The Hall–Kier alpha value is -1.77. The van der Waals surface area contributed by atoms with Crippen molar-refractivity contribution < 1.29 is 17.3 Å². The summed E-state index contributed by atoms with van der Waals surface area (Å²) in [5.74, 6) is -0.0868. The van der Waals surface area contributed by atoms with Crippen molar-refractivity contribution in [3.05, 3.63) is 46.6 Å². The lowest BCUT2D eigenvalue weighted by atomic mass is 10.1. The summed E-state index contributed by atoms with van der Waals surface area (Å²) in [6.45, 7) is 3.13. The quantitative estimate of drug-likeness (QED) is 0.868. The van der Waals surface area contributed by atoms with E-state index in [1.807, 2.05) is 0 Å². The Balaban J connectivity index is 2.25. The number of rotatable bonds is 5. The molecule has 1 heterocycles. The van der Waals surface area contributed by atoms with Crippen LogP contribution >= 0.6 is 0 Å². The number of sulfonamides is 1. The normalized spacial score (nSPS) is 11.8. The van der Waals surface area contributed by atoms with Crippen LogP contribution in [0.3, 0.4) is 0 Å². The molecule has 2 aromatic rings. The Morgan fingerprint density at radius 2 is 2.05 bits per heavy atom. The minimum absolute atomic E-state index is 0.0295. The monoisotopic (exact) mass is 313 g/mol. The lowest BCUT2D eigenvalue weighted by Gasteiger charge is -2.09. The molecule has 0 amide bonds. The number of hydrogen-bond donors (Lipinski definition) is 2. The molecule has 0 aliphatic rings. The van der Waals surface area contributed by atoms with Crippen molar-refractivity contribution >= 4 is 10.0 Å². The number of aryl methyl sites for hydroxylation is 2. The molecule has 0 saturated heterocycles. The van der Waals surface area contributed by atoms with Gasteiger partial charge in [-0.05, 0) is 31.5 Å². The highest BCUT2D eigenvalue weighted by Gasteiger charge is 2.18. The van der Waals surface area contributed by atoms with Gasteiger partial charge in [-0.3, -0.25) is 0 Å². The number of nitrogens with one attached hydrogen (secondary N) is 1. The first-order valence-electron chi connectivity index (χ1n) is 6.24. The summed E-state index contributed by atoms with van der Waals surface area (Å²) < 4.78 is 45.4. The maximum Gasteiger partial charge on any atom is 0.241 e. The van der Waals surface area contributed by atoms with Crippen molar-refractivity contribution in [2.24, 2.45) is 5.73 Å². The van der Waals surface area contributed by atoms with Gasteiger partial charge in [-0.15, -0.1) is 0 Å². The first-order valence-corrected chi connectivity index (χ1v) is 7.72. The van der Waals surface area contributed by atoms with Crippen LogP contribution in [-0.2, 0) is 23.1 Å². The van der Waals surface area contributed by atoms with E-state index in [1.54, 1.807) is 13.0 Å². The predicted octanol–water partition coefficient (Wildman–Crippen LogP) is 1.37. The topological polar surface area (TPSA) is 98.2 Å². The molecule has 0 radical (unpaired) electrons. The first kappa shape index (κ1) is 15.6. The van der Waals surface area contributed by atoms with Crippen LogP contribution in [0.4, 0.5) is 4.39 Å². The van der Waals surface area contributed by atoms with E-state index in [0.717, 1.165) is 0 Å². The third kappa shape index (κ3) is 3.46. The minimum Gasteiger partial charge on any atom is -0.360 e. The van der Waals surface area contributed by atoms with E-state index in [0.29, 0.717) is 11.5 Å². The largest absolute Gasteiger partial charge is 0.360 e. The maximum absolute atomic E-state index is 13.7.